The number of nitrogens with zero attached hydrogens (tertiary/aromatic N) is 2. The van der Waals surface area contributed by atoms with Crippen LogP contribution in [0.3, 0.4) is 0 Å². The molecule has 1 aliphatic rings. The average Bonchev–Trinajstić information content (AvgIpc) is 2.83. The first kappa shape index (κ1) is 13.8. The largest absolute Gasteiger partial charge is 0.508 e. The second kappa shape index (κ2) is 5.71. The molecule has 1 atom stereocenters. The molecular formula is C17H16N2OS. The Kier molecular flexibility index (Phi) is 3.76. The summed E-state index contributed by atoms with van der Waals surface area (Å²) in [6.07, 6.45) is 4.95. The molecule has 1 heterocycles. The summed E-state index contributed by atoms with van der Waals surface area (Å²) in [5.74, 6) is 0.932. The van der Waals surface area contributed by atoms with Crippen molar-refractivity contribution in [2.75, 3.05) is 0 Å². The molecular weight excluding hydrogens is 280 g/mol. The molecule has 4 heteroatoms. The molecule has 3 nitrogen and oxygen atoms in total. The average molecular weight is 296 g/mol. The fourth-order valence-corrected chi connectivity index (χ4v) is 3.94. The molecule has 1 aromatic heterocycles. The van der Waals surface area contributed by atoms with E-state index in [2.05, 4.69) is 18.0 Å². The van der Waals surface area contributed by atoms with Gasteiger partial charge in [-0.3, -0.25) is 0 Å². The number of aromatic hydroxyl groups is 1. The molecule has 21 heavy (non-hydrogen) atoms. The molecule has 0 fully saturated rings. The first-order valence-electron chi connectivity index (χ1n) is 7.05. The molecule has 1 aliphatic carbocycles. The molecule has 0 aliphatic heterocycles. The lowest BCUT2D eigenvalue weighted by Crippen LogP contribution is -2.09. The highest BCUT2D eigenvalue weighted by molar-refractivity contribution is 7.16. The second-order valence-electron chi connectivity index (χ2n) is 5.49. The zero-order valence-electron chi connectivity index (χ0n) is 11.8. The van der Waals surface area contributed by atoms with E-state index in [9.17, 15) is 10.4 Å². The van der Waals surface area contributed by atoms with Gasteiger partial charge in [0.25, 0.3) is 0 Å². The summed E-state index contributed by atoms with van der Waals surface area (Å²) in [7, 11) is 0. The van der Waals surface area contributed by atoms with Crippen molar-refractivity contribution >= 4 is 22.6 Å². The predicted molar refractivity (Wildman–Crippen MR) is 85.6 cm³/mol. The van der Waals surface area contributed by atoms with Gasteiger partial charge >= 0.3 is 0 Å². The lowest BCUT2D eigenvalue weighted by Gasteiger charge is -2.17. The quantitative estimate of drug-likeness (QED) is 0.844. The van der Waals surface area contributed by atoms with E-state index in [0.29, 0.717) is 5.92 Å². The van der Waals surface area contributed by atoms with E-state index >= 15 is 0 Å². The highest BCUT2D eigenvalue weighted by Crippen LogP contribution is 2.40. The van der Waals surface area contributed by atoms with Gasteiger partial charge in [-0.15, -0.1) is 11.3 Å². The Bertz CT molecular complexity index is 722. The third-order valence-electron chi connectivity index (χ3n) is 3.83. The lowest BCUT2D eigenvalue weighted by atomic mass is 9.89. The Labute approximate surface area is 128 Å². The summed E-state index contributed by atoms with van der Waals surface area (Å²) >= 11 is 1.64. The molecule has 0 radical (unpaired) electrons. The zero-order chi connectivity index (χ0) is 14.8. The maximum Gasteiger partial charge on any atom is 0.134 e. The molecule has 0 unspecified atom stereocenters. The SMILES string of the molecule is C[C@@H]1CCc2c(sc(/N=C/c3ccc(O)cc3)c2C#N)C1. The number of aliphatic imine (C=N–C) groups is 1. The minimum Gasteiger partial charge on any atom is -0.508 e. The number of rotatable bonds is 2. The van der Waals surface area contributed by atoms with Crippen molar-refractivity contribution < 1.29 is 5.11 Å². The third-order valence-corrected chi connectivity index (χ3v) is 4.99. The van der Waals surface area contributed by atoms with Crippen LogP contribution in [0.4, 0.5) is 5.00 Å². The summed E-state index contributed by atoms with van der Waals surface area (Å²) in [4.78, 5) is 5.82. The van der Waals surface area contributed by atoms with Crippen LogP contribution in [0.1, 0.15) is 34.9 Å². The van der Waals surface area contributed by atoms with Crippen LogP contribution in [0.5, 0.6) is 5.75 Å². The molecule has 0 amide bonds. The van der Waals surface area contributed by atoms with Gasteiger partial charge in [0.1, 0.15) is 16.8 Å². The van der Waals surface area contributed by atoms with Gasteiger partial charge in [-0.1, -0.05) is 6.92 Å². The van der Waals surface area contributed by atoms with Crippen LogP contribution >= 0.6 is 11.3 Å². The summed E-state index contributed by atoms with van der Waals surface area (Å²) in [5.41, 5.74) is 2.87. The molecule has 0 bridgehead atoms. The Balaban J connectivity index is 1.92. The van der Waals surface area contributed by atoms with E-state index in [1.54, 1.807) is 41.8 Å². The Morgan fingerprint density at radius 1 is 1.38 bits per heavy atom. The van der Waals surface area contributed by atoms with E-state index in [4.69, 9.17) is 0 Å². The Morgan fingerprint density at radius 3 is 2.86 bits per heavy atom. The lowest BCUT2D eigenvalue weighted by molar-refractivity contribution is 0.475. The van der Waals surface area contributed by atoms with Gasteiger partial charge in [0, 0.05) is 11.1 Å². The highest BCUT2D eigenvalue weighted by atomic mass is 32.1. The summed E-state index contributed by atoms with van der Waals surface area (Å²) in [6, 6.07) is 9.20. The van der Waals surface area contributed by atoms with Gasteiger partial charge in [-0.25, -0.2) is 4.99 Å². The zero-order valence-corrected chi connectivity index (χ0v) is 12.7. The minimum absolute atomic E-state index is 0.241. The fourth-order valence-electron chi connectivity index (χ4n) is 2.64. The molecule has 1 N–H and O–H groups in total. The molecule has 0 saturated heterocycles. The van der Waals surface area contributed by atoms with Crippen LogP contribution in [0.25, 0.3) is 0 Å². The number of benzene rings is 1. The van der Waals surface area contributed by atoms with Crippen LogP contribution in [-0.2, 0) is 12.8 Å². The van der Waals surface area contributed by atoms with E-state index in [0.717, 1.165) is 35.4 Å². The predicted octanol–water partition coefficient (Wildman–Crippen LogP) is 4.20. The first-order chi connectivity index (χ1) is 10.2. The van der Waals surface area contributed by atoms with Gasteiger partial charge in [-0.2, -0.15) is 5.26 Å². The number of thiophene rings is 1. The van der Waals surface area contributed by atoms with E-state index in [-0.39, 0.29) is 5.75 Å². The molecule has 2 aromatic rings. The van der Waals surface area contributed by atoms with Crippen LogP contribution in [0, 0.1) is 17.2 Å². The maximum absolute atomic E-state index is 9.41. The number of hydrogen-bond acceptors (Lipinski definition) is 4. The molecule has 1 aromatic carbocycles. The van der Waals surface area contributed by atoms with Gasteiger partial charge in [0.15, 0.2) is 0 Å². The van der Waals surface area contributed by atoms with Gasteiger partial charge < -0.3 is 5.11 Å². The van der Waals surface area contributed by atoms with Crippen molar-refractivity contribution in [1.29, 1.82) is 5.26 Å². The molecule has 0 spiro atoms. The van der Waals surface area contributed by atoms with Crippen LogP contribution < -0.4 is 0 Å². The van der Waals surface area contributed by atoms with Crippen molar-refractivity contribution in [3.8, 4) is 11.8 Å². The van der Waals surface area contributed by atoms with Crippen molar-refractivity contribution in [3.63, 3.8) is 0 Å². The number of hydrogen-bond donors (Lipinski definition) is 1. The monoisotopic (exact) mass is 296 g/mol. The van der Waals surface area contributed by atoms with Gasteiger partial charge in [0.2, 0.25) is 0 Å². The van der Waals surface area contributed by atoms with Crippen LogP contribution in [0.15, 0.2) is 29.3 Å². The van der Waals surface area contributed by atoms with Crippen molar-refractivity contribution in [2.24, 2.45) is 10.9 Å². The number of phenols is 1. The maximum atomic E-state index is 9.41. The van der Waals surface area contributed by atoms with Gasteiger partial charge in [0.05, 0.1) is 5.56 Å². The molecule has 0 saturated carbocycles. The summed E-state index contributed by atoms with van der Waals surface area (Å²) < 4.78 is 0. The second-order valence-corrected chi connectivity index (χ2v) is 6.58. The van der Waals surface area contributed by atoms with Crippen LogP contribution in [-0.4, -0.2) is 11.3 Å². The summed E-state index contributed by atoms with van der Waals surface area (Å²) in [5, 5.41) is 19.5. The van der Waals surface area contributed by atoms with Crippen LogP contribution in [0.2, 0.25) is 0 Å². The van der Waals surface area contributed by atoms with E-state index in [1.165, 1.54) is 10.4 Å². The first-order valence-corrected chi connectivity index (χ1v) is 7.86. The number of phenolic OH excluding ortho intramolecular Hbond substituents is 1. The summed E-state index contributed by atoms with van der Waals surface area (Å²) in [6.45, 7) is 2.26. The standard InChI is InChI=1S/C17H16N2OS/c1-11-2-7-14-15(9-18)17(21-16(14)8-11)19-10-12-3-5-13(20)6-4-12/h3-6,10-11,20H,2,7-8H2,1H3/b19-10+/t11-/m1/s1. The highest BCUT2D eigenvalue weighted by Gasteiger charge is 2.23. The smallest absolute Gasteiger partial charge is 0.134 e. The van der Waals surface area contributed by atoms with Crippen molar-refractivity contribution in [2.45, 2.75) is 26.2 Å². The third kappa shape index (κ3) is 2.84. The number of nitriles is 1. The Hall–Kier alpha value is -2.12. The fraction of sp³-hybridized carbons (Fsp3) is 0.294. The Morgan fingerprint density at radius 2 is 2.14 bits per heavy atom. The van der Waals surface area contributed by atoms with Crippen molar-refractivity contribution in [1.82, 2.24) is 0 Å². The number of fused-ring (bicyclic) bond motifs is 1. The van der Waals surface area contributed by atoms with Crippen molar-refractivity contribution in [3.05, 3.63) is 45.8 Å². The minimum atomic E-state index is 0.241. The molecule has 3 rings (SSSR count). The normalized spacial score (nSPS) is 17.6. The van der Waals surface area contributed by atoms with E-state index < -0.39 is 0 Å². The van der Waals surface area contributed by atoms with E-state index in [1.807, 2.05) is 0 Å². The topological polar surface area (TPSA) is 56.4 Å². The molecule has 106 valence electrons. The van der Waals surface area contributed by atoms with Gasteiger partial charge in [-0.05, 0) is 60.6 Å².